The van der Waals surface area contributed by atoms with Crippen LogP contribution >= 0.6 is 12.2 Å². The van der Waals surface area contributed by atoms with Gasteiger partial charge < -0.3 is 10.5 Å². The predicted molar refractivity (Wildman–Crippen MR) is 89.5 cm³/mol. The third-order valence-electron chi connectivity index (χ3n) is 2.77. The number of nitrogens with one attached hydrogen (secondary N) is 1. The van der Waals surface area contributed by atoms with Gasteiger partial charge in [0, 0.05) is 0 Å². The summed E-state index contributed by atoms with van der Waals surface area (Å²) in [6.45, 7) is 2.60. The van der Waals surface area contributed by atoms with Crippen LogP contribution in [0.3, 0.4) is 0 Å². The SMILES string of the molecule is Cc1ccc(COc2cccc(/C=N\NC(N)=S)c2)cc1. The number of aryl methyl sites for hydroxylation is 1. The first kappa shape index (κ1) is 15.0. The number of benzene rings is 2. The van der Waals surface area contributed by atoms with Crippen molar-refractivity contribution in [2.75, 3.05) is 0 Å². The van der Waals surface area contributed by atoms with Crippen molar-refractivity contribution in [3.63, 3.8) is 0 Å². The van der Waals surface area contributed by atoms with Crippen LogP contribution in [0.25, 0.3) is 0 Å². The average molecular weight is 299 g/mol. The third-order valence-corrected chi connectivity index (χ3v) is 2.86. The Labute approximate surface area is 129 Å². The molecule has 108 valence electrons. The fraction of sp³-hybridized carbons (Fsp3) is 0.125. The quantitative estimate of drug-likeness (QED) is 0.506. The molecule has 3 N–H and O–H groups in total. The molecule has 0 aliphatic rings. The molecule has 0 fully saturated rings. The number of nitrogens with zero attached hydrogens (tertiary/aromatic N) is 1. The molecule has 0 radical (unpaired) electrons. The van der Waals surface area contributed by atoms with Crippen LogP contribution in [-0.4, -0.2) is 11.3 Å². The van der Waals surface area contributed by atoms with Crippen LogP contribution in [0.15, 0.2) is 53.6 Å². The van der Waals surface area contributed by atoms with Crippen LogP contribution in [0.4, 0.5) is 0 Å². The van der Waals surface area contributed by atoms with E-state index in [2.05, 4.69) is 53.9 Å². The van der Waals surface area contributed by atoms with Crippen molar-refractivity contribution < 1.29 is 4.74 Å². The summed E-state index contributed by atoms with van der Waals surface area (Å²) in [6.07, 6.45) is 1.64. The lowest BCUT2D eigenvalue weighted by atomic mass is 10.2. The number of nitrogens with two attached hydrogens (primary N) is 1. The van der Waals surface area contributed by atoms with Crippen molar-refractivity contribution in [1.29, 1.82) is 0 Å². The van der Waals surface area contributed by atoms with Gasteiger partial charge in [0.2, 0.25) is 0 Å². The minimum atomic E-state index is 0.137. The Morgan fingerprint density at radius 1 is 1.29 bits per heavy atom. The van der Waals surface area contributed by atoms with E-state index in [-0.39, 0.29) is 5.11 Å². The smallest absolute Gasteiger partial charge is 0.184 e. The van der Waals surface area contributed by atoms with Crippen LogP contribution < -0.4 is 15.9 Å². The molecule has 2 aromatic rings. The van der Waals surface area contributed by atoms with E-state index in [0.717, 1.165) is 16.9 Å². The predicted octanol–water partition coefficient (Wildman–Crippen LogP) is 2.74. The van der Waals surface area contributed by atoms with E-state index in [9.17, 15) is 0 Å². The molecule has 0 aromatic heterocycles. The number of ether oxygens (including phenoxy) is 1. The number of hydrazone groups is 1. The van der Waals surface area contributed by atoms with E-state index in [0.29, 0.717) is 6.61 Å². The Morgan fingerprint density at radius 3 is 2.76 bits per heavy atom. The molecule has 0 atom stereocenters. The standard InChI is InChI=1S/C16H17N3OS/c1-12-5-7-13(8-6-12)11-20-15-4-2-3-14(9-15)10-18-19-16(17)21/h2-10H,11H2,1H3,(H3,17,19,21)/b18-10-. The van der Waals surface area contributed by atoms with Crippen LogP contribution in [-0.2, 0) is 6.61 Å². The fourth-order valence-electron chi connectivity index (χ4n) is 1.71. The summed E-state index contributed by atoms with van der Waals surface area (Å²) in [4.78, 5) is 0. The van der Waals surface area contributed by atoms with E-state index in [1.807, 2.05) is 24.3 Å². The van der Waals surface area contributed by atoms with Crippen LogP contribution in [0, 0.1) is 6.92 Å². The number of rotatable bonds is 5. The van der Waals surface area contributed by atoms with Crippen LogP contribution in [0.5, 0.6) is 5.75 Å². The van der Waals surface area contributed by atoms with Gasteiger partial charge in [-0.2, -0.15) is 5.10 Å². The second kappa shape index (κ2) is 7.40. The molecule has 0 unspecified atom stereocenters. The maximum absolute atomic E-state index is 5.77. The summed E-state index contributed by atoms with van der Waals surface area (Å²) in [7, 11) is 0. The molecule has 0 saturated carbocycles. The first-order valence-corrected chi connectivity index (χ1v) is 6.91. The maximum atomic E-state index is 5.77. The van der Waals surface area contributed by atoms with E-state index in [1.165, 1.54) is 5.56 Å². The minimum absolute atomic E-state index is 0.137. The highest BCUT2D eigenvalue weighted by Gasteiger charge is 1.97. The van der Waals surface area contributed by atoms with Gasteiger partial charge in [0.15, 0.2) is 5.11 Å². The molecule has 0 aliphatic carbocycles. The molecule has 21 heavy (non-hydrogen) atoms. The Morgan fingerprint density at radius 2 is 2.05 bits per heavy atom. The summed E-state index contributed by atoms with van der Waals surface area (Å²) in [5.74, 6) is 0.787. The second-order valence-corrected chi connectivity index (χ2v) is 5.02. The highest BCUT2D eigenvalue weighted by Crippen LogP contribution is 2.14. The molecule has 4 nitrogen and oxygen atoms in total. The zero-order chi connectivity index (χ0) is 15.1. The molecule has 0 amide bonds. The first-order chi connectivity index (χ1) is 10.1. The molecular weight excluding hydrogens is 282 g/mol. The molecule has 0 saturated heterocycles. The van der Waals surface area contributed by atoms with Gasteiger partial charge >= 0.3 is 0 Å². The molecule has 0 bridgehead atoms. The summed E-state index contributed by atoms with van der Waals surface area (Å²) < 4.78 is 5.77. The lowest BCUT2D eigenvalue weighted by Crippen LogP contribution is -2.23. The van der Waals surface area contributed by atoms with Gasteiger partial charge in [-0.25, -0.2) is 0 Å². The van der Waals surface area contributed by atoms with Crippen LogP contribution in [0.1, 0.15) is 16.7 Å². The summed E-state index contributed by atoms with van der Waals surface area (Å²) in [5, 5.41) is 4.05. The average Bonchev–Trinajstić information content (AvgIpc) is 2.47. The number of hydrogen-bond donors (Lipinski definition) is 2. The third kappa shape index (κ3) is 5.24. The monoisotopic (exact) mass is 299 g/mol. The number of thiocarbonyl (C=S) groups is 1. The van der Waals surface area contributed by atoms with Gasteiger partial charge in [0.25, 0.3) is 0 Å². The number of hydrogen-bond acceptors (Lipinski definition) is 3. The zero-order valence-electron chi connectivity index (χ0n) is 11.7. The van der Waals surface area contributed by atoms with E-state index >= 15 is 0 Å². The molecular formula is C16H17N3OS. The Bertz CT molecular complexity index is 638. The highest BCUT2D eigenvalue weighted by molar-refractivity contribution is 7.80. The normalized spacial score (nSPS) is 10.5. The molecule has 2 rings (SSSR count). The molecule has 0 heterocycles. The Hall–Kier alpha value is -2.40. The van der Waals surface area contributed by atoms with Crippen molar-refractivity contribution in [3.8, 4) is 5.75 Å². The largest absolute Gasteiger partial charge is 0.489 e. The first-order valence-electron chi connectivity index (χ1n) is 6.50. The Balaban J connectivity index is 1.96. The maximum Gasteiger partial charge on any atom is 0.184 e. The second-order valence-electron chi connectivity index (χ2n) is 4.58. The Kier molecular flexibility index (Phi) is 5.29. The van der Waals surface area contributed by atoms with Gasteiger partial charge in [-0.05, 0) is 42.4 Å². The van der Waals surface area contributed by atoms with Crippen molar-refractivity contribution in [2.45, 2.75) is 13.5 Å². The summed E-state index contributed by atoms with van der Waals surface area (Å²) >= 11 is 4.67. The van der Waals surface area contributed by atoms with Gasteiger partial charge in [0.1, 0.15) is 12.4 Å². The molecule has 0 aliphatic heterocycles. The lowest BCUT2D eigenvalue weighted by Gasteiger charge is -2.07. The molecule has 2 aromatic carbocycles. The van der Waals surface area contributed by atoms with Gasteiger partial charge in [-0.3, -0.25) is 5.43 Å². The molecule has 5 heteroatoms. The van der Waals surface area contributed by atoms with E-state index < -0.39 is 0 Å². The van der Waals surface area contributed by atoms with E-state index in [1.54, 1.807) is 6.21 Å². The van der Waals surface area contributed by atoms with Gasteiger partial charge in [-0.15, -0.1) is 0 Å². The minimum Gasteiger partial charge on any atom is -0.489 e. The van der Waals surface area contributed by atoms with Gasteiger partial charge in [-0.1, -0.05) is 42.0 Å². The zero-order valence-corrected chi connectivity index (χ0v) is 12.6. The molecule has 0 spiro atoms. The summed E-state index contributed by atoms with van der Waals surface area (Å²) in [6, 6.07) is 15.9. The van der Waals surface area contributed by atoms with Crippen molar-refractivity contribution >= 4 is 23.5 Å². The van der Waals surface area contributed by atoms with Crippen molar-refractivity contribution in [3.05, 3.63) is 65.2 Å². The highest BCUT2D eigenvalue weighted by atomic mass is 32.1. The van der Waals surface area contributed by atoms with Crippen molar-refractivity contribution in [2.24, 2.45) is 10.8 Å². The summed E-state index contributed by atoms with van der Waals surface area (Å²) in [5.41, 5.74) is 11.1. The van der Waals surface area contributed by atoms with E-state index in [4.69, 9.17) is 10.5 Å². The topological polar surface area (TPSA) is 59.6 Å². The van der Waals surface area contributed by atoms with Crippen LogP contribution in [0.2, 0.25) is 0 Å². The van der Waals surface area contributed by atoms with Gasteiger partial charge in [0.05, 0.1) is 6.21 Å². The fourth-order valence-corrected chi connectivity index (χ4v) is 1.76. The van der Waals surface area contributed by atoms with Crippen molar-refractivity contribution in [1.82, 2.24) is 5.43 Å². The lowest BCUT2D eigenvalue weighted by molar-refractivity contribution is 0.306.